The minimum Gasteiger partial charge on any atom is -0.481 e. The number of carboxylic acids is 3. The van der Waals surface area contributed by atoms with Crippen molar-refractivity contribution < 1.29 is 29.7 Å². The van der Waals surface area contributed by atoms with E-state index in [0.717, 1.165) is 38.5 Å². The fourth-order valence-electron chi connectivity index (χ4n) is 7.04. The summed E-state index contributed by atoms with van der Waals surface area (Å²) in [6, 6.07) is 0. The molecule has 0 aliphatic heterocycles. The van der Waals surface area contributed by atoms with Crippen molar-refractivity contribution in [1.82, 2.24) is 0 Å². The Labute approximate surface area is 398 Å². The van der Waals surface area contributed by atoms with Crippen LogP contribution in [-0.4, -0.2) is 59.4 Å². The first-order chi connectivity index (χ1) is 29.3. The number of hydrogen-bond donors (Lipinski definition) is 3. The third kappa shape index (κ3) is 76.2. The van der Waals surface area contributed by atoms with Crippen molar-refractivity contribution >= 4 is 44.1 Å². The molecule has 0 rings (SSSR count). The van der Waals surface area contributed by atoms with Crippen molar-refractivity contribution in [3.8, 4) is 0 Å². The van der Waals surface area contributed by atoms with E-state index in [2.05, 4.69) is 57.2 Å². The van der Waals surface area contributed by atoms with Crippen LogP contribution in [0.5, 0.6) is 0 Å². The molecule has 61 heavy (non-hydrogen) atoms. The third-order valence-electron chi connectivity index (χ3n) is 11.0. The molecule has 0 heterocycles. The van der Waals surface area contributed by atoms with Crippen LogP contribution < -0.4 is 0 Å². The Morgan fingerprint density at radius 3 is 0.574 bits per heavy atom. The SMILES string of the molecule is CCCCCCCC/C=C\CCCCCCCC(=O)O.CCCCCCCC/C=C\CCCCCCCC(=O)O.CCCCCCCC/C=C\CCCCCCCC(=O)O.[Bi]. The monoisotopic (exact) mass is 1060 g/mol. The molecule has 6 nitrogen and oxygen atoms in total. The fraction of sp³-hybridized carbons (Fsp3) is 0.833. The average Bonchev–Trinajstić information content (AvgIpc) is 3.22. The molecule has 0 saturated heterocycles. The molecule has 0 amide bonds. The van der Waals surface area contributed by atoms with Gasteiger partial charge in [-0.3, -0.25) is 14.4 Å². The van der Waals surface area contributed by atoms with Gasteiger partial charge < -0.3 is 15.3 Å². The van der Waals surface area contributed by atoms with Crippen molar-refractivity contribution in [2.75, 3.05) is 0 Å². The maximum atomic E-state index is 10.3. The Morgan fingerprint density at radius 2 is 0.410 bits per heavy atom. The Kier molecular flexibility index (Phi) is 68.1. The molecule has 0 atom stereocenters. The normalized spacial score (nSPS) is 11.1. The molecule has 0 bridgehead atoms. The van der Waals surface area contributed by atoms with Crippen LogP contribution >= 0.6 is 0 Å². The minimum atomic E-state index is -0.664. The average molecular weight is 1060 g/mol. The summed E-state index contributed by atoms with van der Waals surface area (Å²) in [6.07, 6.45) is 63.7. The predicted molar refractivity (Wildman–Crippen MR) is 267 cm³/mol. The quantitative estimate of drug-likeness (QED) is 0.0318. The minimum absolute atomic E-state index is 0. The van der Waals surface area contributed by atoms with E-state index in [9.17, 15) is 14.4 Å². The second kappa shape index (κ2) is 62.8. The van der Waals surface area contributed by atoms with Crippen LogP contribution in [0.2, 0.25) is 0 Å². The summed E-state index contributed by atoms with van der Waals surface area (Å²) in [7, 11) is 0. The standard InChI is InChI=1S/3C18H34O2.Bi/c3*1-2-3-4-5-6-7-8-9-10-11-12-13-14-15-16-17-18(19)20;/h3*9-10H,2-8,11-17H2,1H3,(H,19,20);/b3*10-9-;. The van der Waals surface area contributed by atoms with Crippen LogP contribution in [-0.2, 0) is 14.4 Å². The number of carbonyl (C=O) groups is 3. The van der Waals surface area contributed by atoms with E-state index in [0.29, 0.717) is 19.3 Å². The fourth-order valence-corrected chi connectivity index (χ4v) is 7.04. The zero-order chi connectivity index (χ0) is 44.7. The van der Waals surface area contributed by atoms with Gasteiger partial charge in [0.1, 0.15) is 0 Å². The summed E-state index contributed by atoms with van der Waals surface area (Å²) in [6.45, 7) is 6.78. The summed E-state index contributed by atoms with van der Waals surface area (Å²) in [5.41, 5.74) is 0. The third-order valence-corrected chi connectivity index (χ3v) is 11.0. The van der Waals surface area contributed by atoms with Gasteiger partial charge in [-0.15, -0.1) is 0 Å². The second-order valence-corrected chi connectivity index (χ2v) is 17.2. The topological polar surface area (TPSA) is 112 Å². The van der Waals surface area contributed by atoms with Crippen molar-refractivity contribution in [1.29, 1.82) is 0 Å². The number of unbranched alkanes of at least 4 members (excludes halogenated alkanes) is 33. The largest absolute Gasteiger partial charge is 0.481 e. The predicted octanol–water partition coefficient (Wildman–Crippen LogP) is 17.9. The van der Waals surface area contributed by atoms with E-state index in [-0.39, 0.29) is 26.2 Å². The van der Waals surface area contributed by atoms with Crippen molar-refractivity contribution in [2.24, 2.45) is 0 Å². The maximum absolute atomic E-state index is 10.3. The molecule has 7 heteroatoms. The van der Waals surface area contributed by atoms with Crippen LogP contribution in [0.4, 0.5) is 0 Å². The van der Waals surface area contributed by atoms with E-state index in [1.54, 1.807) is 0 Å². The summed E-state index contributed by atoms with van der Waals surface area (Å²) in [4.78, 5) is 31.0. The molecular weight excluding hydrogens is 954 g/mol. The molecule has 0 aliphatic rings. The summed E-state index contributed by atoms with van der Waals surface area (Å²) >= 11 is 0. The molecular formula is C54H102BiO6. The van der Waals surface area contributed by atoms with Crippen molar-refractivity contribution in [3.05, 3.63) is 36.5 Å². The molecule has 0 fully saturated rings. The van der Waals surface area contributed by atoms with Crippen LogP contribution in [0.3, 0.4) is 0 Å². The van der Waals surface area contributed by atoms with Gasteiger partial charge in [0.05, 0.1) is 0 Å². The molecule has 0 unspecified atom stereocenters. The van der Waals surface area contributed by atoms with Crippen LogP contribution in [0.25, 0.3) is 0 Å². The zero-order valence-corrected chi connectivity index (χ0v) is 44.2. The van der Waals surface area contributed by atoms with Gasteiger partial charge in [-0.2, -0.15) is 0 Å². The van der Waals surface area contributed by atoms with Gasteiger partial charge in [0, 0.05) is 45.5 Å². The summed E-state index contributed by atoms with van der Waals surface area (Å²) in [5, 5.41) is 25.5. The molecule has 0 spiro atoms. The van der Waals surface area contributed by atoms with E-state index < -0.39 is 17.9 Å². The molecule has 0 aromatic rings. The second-order valence-electron chi connectivity index (χ2n) is 17.2. The first-order valence-corrected chi connectivity index (χ1v) is 25.9. The van der Waals surface area contributed by atoms with Crippen LogP contribution in [0, 0.1) is 0 Å². The van der Waals surface area contributed by atoms with Gasteiger partial charge in [-0.25, -0.2) is 0 Å². The number of allylic oxidation sites excluding steroid dienone is 6. The molecule has 0 aromatic heterocycles. The van der Waals surface area contributed by atoms with Crippen molar-refractivity contribution in [3.63, 3.8) is 0 Å². The van der Waals surface area contributed by atoms with Gasteiger partial charge in [-0.05, 0) is 96.3 Å². The van der Waals surface area contributed by atoms with Crippen LogP contribution in [0.15, 0.2) is 36.5 Å². The number of hydrogen-bond acceptors (Lipinski definition) is 3. The van der Waals surface area contributed by atoms with Gasteiger partial charge in [0.25, 0.3) is 0 Å². The molecule has 3 radical (unpaired) electrons. The van der Waals surface area contributed by atoms with Gasteiger partial charge in [0.15, 0.2) is 0 Å². The Bertz CT molecular complexity index is 827. The van der Waals surface area contributed by atoms with E-state index in [1.165, 1.54) is 212 Å². The molecule has 0 aliphatic carbocycles. The number of carboxylic acid groups (broad SMARTS) is 3. The molecule has 3 N–H and O–H groups in total. The Hall–Kier alpha value is -1.49. The summed E-state index contributed by atoms with van der Waals surface area (Å²) in [5.74, 6) is -1.99. The molecule has 0 saturated carbocycles. The van der Waals surface area contributed by atoms with Gasteiger partial charge in [-0.1, -0.05) is 211 Å². The van der Waals surface area contributed by atoms with Crippen LogP contribution in [0.1, 0.15) is 290 Å². The zero-order valence-electron chi connectivity index (χ0n) is 40.7. The molecule has 359 valence electrons. The summed E-state index contributed by atoms with van der Waals surface area (Å²) < 4.78 is 0. The first-order valence-electron chi connectivity index (χ1n) is 25.9. The Morgan fingerprint density at radius 1 is 0.262 bits per heavy atom. The van der Waals surface area contributed by atoms with E-state index in [1.807, 2.05) is 0 Å². The maximum Gasteiger partial charge on any atom is 0.303 e. The van der Waals surface area contributed by atoms with Gasteiger partial charge in [0.2, 0.25) is 0 Å². The smallest absolute Gasteiger partial charge is 0.303 e. The van der Waals surface area contributed by atoms with Gasteiger partial charge >= 0.3 is 17.9 Å². The first kappa shape index (κ1) is 66.1. The molecule has 0 aromatic carbocycles. The Balaban J connectivity index is -0.000000396. The van der Waals surface area contributed by atoms with E-state index in [4.69, 9.17) is 15.3 Å². The number of aliphatic carboxylic acids is 3. The van der Waals surface area contributed by atoms with Crippen molar-refractivity contribution in [2.45, 2.75) is 290 Å². The number of rotatable bonds is 45. The van der Waals surface area contributed by atoms with E-state index >= 15 is 0 Å².